The maximum absolute atomic E-state index is 13.0. The lowest BCUT2D eigenvalue weighted by Gasteiger charge is -2.35. The number of hydrogen-bond acceptors (Lipinski definition) is 5. The number of nitrogens with one attached hydrogen (secondary N) is 2. The summed E-state index contributed by atoms with van der Waals surface area (Å²) < 4.78 is 5.66. The molecule has 3 heterocycles. The number of carbonyl (C=O) groups excluding carboxylic acids is 3. The molecule has 7 heteroatoms. The van der Waals surface area contributed by atoms with Crippen LogP contribution in [0.3, 0.4) is 0 Å². The minimum atomic E-state index is -0.552. The van der Waals surface area contributed by atoms with E-state index in [0.717, 1.165) is 37.0 Å². The predicted octanol–water partition coefficient (Wildman–Crippen LogP) is 2.56. The molecule has 7 nitrogen and oxygen atoms in total. The maximum Gasteiger partial charge on any atom is 0.255 e. The molecule has 2 aliphatic carbocycles. The largest absolute Gasteiger partial charge is 0.381 e. The average molecular weight is 466 g/mol. The van der Waals surface area contributed by atoms with Gasteiger partial charge in [0.05, 0.1) is 0 Å². The van der Waals surface area contributed by atoms with Crippen LogP contribution in [0.25, 0.3) is 0 Å². The van der Waals surface area contributed by atoms with E-state index in [1.165, 1.54) is 44.1 Å². The van der Waals surface area contributed by atoms with Crippen molar-refractivity contribution in [1.82, 2.24) is 15.5 Å². The molecular weight excluding hydrogens is 430 g/mol. The summed E-state index contributed by atoms with van der Waals surface area (Å²) in [4.78, 5) is 38.5. The number of imide groups is 1. The number of benzene rings is 1. The van der Waals surface area contributed by atoms with Gasteiger partial charge in [-0.15, -0.1) is 0 Å². The Balaban J connectivity index is 1.12. The van der Waals surface area contributed by atoms with Crippen molar-refractivity contribution in [3.05, 3.63) is 34.9 Å². The smallest absolute Gasteiger partial charge is 0.255 e. The molecule has 3 unspecified atom stereocenters. The molecule has 0 radical (unpaired) electrons. The number of rotatable bonds is 5. The summed E-state index contributed by atoms with van der Waals surface area (Å²) in [5.74, 6) is 1.42. The van der Waals surface area contributed by atoms with Crippen LogP contribution >= 0.6 is 0 Å². The van der Waals surface area contributed by atoms with E-state index in [2.05, 4.69) is 22.8 Å². The third-order valence-corrected chi connectivity index (χ3v) is 8.95. The normalized spacial score (nSPS) is 35.4. The van der Waals surface area contributed by atoms with E-state index in [9.17, 15) is 14.4 Å². The second-order valence-electron chi connectivity index (χ2n) is 11.1. The molecule has 34 heavy (non-hydrogen) atoms. The van der Waals surface area contributed by atoms with E-state index in [0.29, 0.717) is 36.5 Å². The van der Waals surface area contributed by atoms with Crippen LogP contribution in [0.4, 0.5) is 0 Å². The van der Waals surface area contributed by atoms with E-state index in [1.807, 2.05) is 6.07 Å². The molecular formula is C27H35N3O4. The van der Waals surface area contributed by atoms with Gasteiger partial charge in [-0.05, 0) is 73.5 Å². The fourth-order valence-corrected chi connectivity index (χ4v) is 7.16. The zero-order valence-electron chi connectivity index (χ0n) is 19.8. The molecule has 1 aromatic rings. The van der Waals surface area contributed by atoms with Crippen LogP contribution < -0.4 is 10.6 Å². The molecule has 6 atom stereocenters. The second kappa shape index (κ2) is 9.08. The molecule has 182 valence electrons. The molecule has 2 saturated heterocycles. The van der Waals surface area contributed by atoms with Gasteiger partial charge in [-0.3, -0.25) is 19.7 Å². The summed E-state index contributed by atoms with van der Waals surface area (Å²) in [6.45, 7) is 2.34. The van der Waals surface area contributed by atoms with Crippen LogP contribution in [0, 0.1) is 17.8 Å². The Bertz CT molecular complexity index is 982. The molecule has 6 rings (SSSR count). The first-order valence-corrected chi connectivity index (χ1v) is 13.2. The summed E-state index contributed by atoms with van der Waals surface area (Å²) in [6.07, 6.45) is 9.32. The first kappa shape index (κ1) is 22.2. The fraction of sp³-hybridized carbons (Fsp3) is 0.667. The molecule has 0 spiro atoms. The Morgan fingerprint density at radius 3 is 2.62 bits per heavy atom. The predicted molar refractivity (Wildman–Crippen MR) is 126 cm³/mol. The second-order valence-corrected chi connectivity index (χ2v) is 11.1. The van der Waals surface area contributed by atoms with E-state index < -0.39 is 6.04 Å². The standard InChI is InChI=1S/C27H35N3O4/c31-25-8-7-24(26(32)29-25)30-13-18-10-16(5-6-22(18)27(30)33)9-17-3-1-2-4-23(17)28-21-11-19-14-34-15-20(19)12-21/h5-6,10,17,19-21,23-24,28H,1-4,7-9,11-15H2,(H,29,31,32)/t17-,19+,20?,21?,23+,24?/m1/s1. The van der Waals surface area contributed by atoms with Gasteiger partial charge in [-0.25, -0.2) is 0 Å². The minimum Gasteiger partial charge on any atom is -0.381 e. The third-order valence-electron chi connectivity index (χ3n) is 8.95. The van der Waals surface area contributed by atoms with E-state index in [1.54, 1.807) is 4.90 Å². The van der Waals surface area contributed by atoms with Crippen LogP contribution in [0.5, 0.6) is 0 Å². The molecule has 3 aliphatic heterocycles. The molecule has 4 fully saturated rings. The average Bonchev–Trinajstić information content (AvgIpc) is 3.49. The van der Waals surface area contributed by atoms with Gasteiger partial charge in [0.15, 0.2) is 0 Å². The van der Waals surface area contributed by atoms with Crippen molar-refractivity contribution >= 4 is 17.7 Å². The number of carbonyl (C=O) groups is 3. The molecule has 5 aliphatic rings. The van der Waals surface area contributed by atoms with Crippen molar-refractivity contribution in [2.45, 2.75) is 82.5 Å². The summed E-state index contributed by atoms with van der Waals surface area (Å²) in [5, 5.41) is 6.43. The Morgan fingerprint density at radius 1 is 1.03 bits per heavy atom. The highest BCUT2D eigenvalue weighted by molar-refractivity contribution is 6.05. The Labute approximate surface area is 201 Å². The van der Waals surface area contributed by atoms with Gasteiger partial charge in [-0.2, -0.15) is 0 Å². The van der Waals surface area contributed by atoms with Crippen molar-refractivity contribution in [3.63, 3.8) is 0 Å². The van der Waals surface area contributed by atoms with E-state index in [4.69, 9.17) is 4.74 Å². The fourth-order valence-electron chi connectivity index (χ4n) is 7.16. The first-order valence-electron chi connectivity index (χ1n) is 13.2. The highest BCUT2D eigenvalue weighted by atomic mass is 16.5. The molecule has 1 aromatic carbocycles. The van der Waals surface area contributed by atoms with Gasteiger partial charge >= 0.3 is 0 Å². The maximum atomic E-state index is 13.0. The zero-order chi connectivity index (χ0) is 23.2. The van der Waals surface area contributed by atoms with E-state index >= 15 is 0 Å². The van der Waals surface area contributed by atoms with Gasteiger partial charge in [0, 0.05) is 43.8 Å². The number of piperidine rings is 1. The van der Waals surface area contributed by atoms with Crippen molar-refractivity contribution < 1.29 is 19.1 Å². The highest BCUT2D eigenvalue weighted by Gasteiger charge is 2.41. The van der Waals surface area contributed by atoms with Crippen molar-refractivity contribution in [2.24, 2.45) is 17.8 Å². The number of amides is 3. The summed E-state index contributed by atoms with van der Waals surface area (Å²) in [5.41, 5.74) is 3.00. The minimum absolute atomic E-state index is 0.0935. The Hall–Kier alpha value is -2.25. The van der Waals surface area contributed by atoms with Gasteiger partial charge in [0.1, 0.15) is 6.04 Å². The molecule has 0 bridgehead atoms. The van der Waals surface area contributed by atoms with Crippen molar-refractivity contribution in [3.8, 4) is 0 Å². The van der Waals surface area contributed by atoms with Crippen LogP contribution in [-0.4, -0.2) is 54.0 Å². The molecule has 2 N–H and O–H groups in total. The molecule has 2 saturated carbocycles. The Kier molecular flexibility index (Phi) is 5.94. The summed E-state index contributed by atoms with van der Waals surface area (Å²) in [6, 6.07) is 6.87. The van der Waals surface area contributed by atoms with E-state index in [-0.39, 0.29) is 24.1 Å². The molecule has 0 aromatic heterocycles. The van der Waals surface area contributed by atoms with Crippen LogP contribution in [-0.2, 0) is 27.3 Å². The van der Waals surface area contributed by atoms with Crippen LogP contribution in [0.2, 0.25) is 0 Å². The first-order chi connectivity index (χ1) is 16.5. The number of hydrogen-bond donors (Lipinski definition) is 2. The summed E-state index contributed by atoms with van der Waals surface area (Å²) >= 11 is 0. The number of ether oxygens (including phenoxy) is 1. The van der Waals surface area contributed by atoms with Crippen LogP contribution in [0.15, 0.2) is 18.2 Å². The van der Waals surface area contributed by atoms with Crippen LogP contribution in [0.1, 0.15) is 72.9 Å². The number of fused-ring (bicyclic) bond motifs is 2. The monoisotopic (exact) mass is 465 g/mol. The SMILES string of the molecule is O=C1CCC(N2Cc3cc(C[C@H]4CCCC[C@@H]4NC4CC5COC[C@@H]5C4)ccc3C2=O)C(=O)N1. The Morgan fingerprint density at radius 2 is 1.82 bits per heavy atom. The highest BCUT2D eigenvalue weighted by Crippen LogP contribution is 2.38. The lowest BCUT2D eigenvalue weighted by atomic mass is 9.80. The lowest BCUT2D eigenvalue weighted by molar-refractivity contribution is -0.136. The van der Waals surface area contributed by atoms with Gasteiger partial charge in [0.25, 0.3) is 5.91 Å². The molecule has 3 amide bonds. The zero-order valence-corrected chi connectivity index (χ0v) is 19.8. The lowest BCUT2D eigenvalue weighted by Crippen LogP contribution is -2.52. The van der Waals surface area contributed by atoms with Gasteiger partial charge in [0.2, 0.25) is 11.8 Å². The number of nitrogens with zero attached hydrogens (tertiary/aromatic N) is 1. The van der Waals surface area contributed by atoms with Crippen molar-refractivity contribution in [1.29, 1.82) is 0 Å². The topological polar surface area (TPSA) is 87.7 Å². The van der Waals surface area contributed by atoms with Crippen molar-refractivity contribution in [2.75, 3.05) is 13.2 Å². The van der Waals surface area contributed by atoms with Gasteiger partial charge in [-0.1, -0.05) is 25.0 Å². The third kappa shape index (κ3) is 4.17. The summed E-state index contributed by atoms with van der Waals surface area (Å²) in [7, 11) is 0. The quantitative estimate of drug-likeness (QED) is 0.653. The van der Waals surface area contributed by atoms with Gasteiger partial charge < -0.3 is 15.0 Å².